The molecule has 0 fully saturated rings. The molecule has 0 aliphatic carbocycles. The summed E-state index contributed by atoms with van der Waals surface area (Å²) in [5, 5.41) is 4.53. The van der Waals surface area contributed by atoms with Crippen LogP contribution >= 0.6 is 0 Å². The molecule has 0 spiro atoms. The minimum Gasteiger partial charge on any atom is -0.469 e. The molecule has 0 aliphatic heterocycles. The zero-order valence-electron chi connectivity index (χ0n) is 13.8. The molecule has 2 aromatic rings. The SMILES string of the molecule is COC(=O)CCc1c(C)nn(-c2ccc(C(=O)OC)cc2)c1C. The molecular weight excluding hydrogens is 296 g/mol. The lowest BCUT2D eigenvalue weighted by Gasteiger charge is -2.06. The molecule has 0 amide bonds. The van der Waals surface area contributed by atoms with Gasteiger partial charge in [0, 0.05) is 12.1 Å². The standard InChI is InChI=1S/C17H20N2O4/c1-11-15(9-10-16(20)22-3)12(2)19(18-11)14-7-5-13(6-8-14)17(21)23-4/h5-8H,9-10H2,1-4H3. The molecule has 2 rings (SSSR count). The van der Waals surface area contributed by atoms with E-state index in [4.69, 9.17) is 0 Å². The number of nitrogens with zero attached hydrogens (tertiary/aromatic N) is 2. The first-order valence-electron chi connectivity index (χ1n) is 7.28. The number of hydrogen-bond donors (Lipinski definition) is 0. The zero-order chi connectivity index (χ0) is 17.0. The quantitative estimate of drug-likeness (QED) is 0.792. The van der Waals surface area contributed by atoms with Crippen molar-refractivity contribution in [1.82, 2.24) is 9.78 Å². The van der Waals surface area contributed by atoms with Crippen LogP contribution in [0.5, 0.6) is 0 Å². The molecule has 0 radical (unpaired) electrons. The lowest BCUT2D eigenvalue weighted by molar-refractivity contribution is -0.140. The summed E-state index contributed by atoms with van der Waals surface area (Å²) in [6.45, 7) is 3.87. The van der Waals surface area contributed by atoms with Gasteiger partial charge in [0.2, 0.25) is 0 Å². The summed E-state index contributed by atoms with van der Waals surface area (Å²) in [6.07, 6.45) is 0.912. The van der Waals surface area contributed by atoms with E-state index in [1.54, 1.807) is 12.1 Å². The third-order valence-electron chi connectivity index (χ3n) is 3.78. The Morgan fingerprint density at radius 3 is 2.30 bits per heavy atom. The van der Waals surface area contributed by atoms with Gasteiger partial charge in [-0.2, -0.15) is 5.10 Å². The number of aromatic nitrogens is 2. The van der Waals surface area contributed by atoms with E-state index in [2.05, 4.69) is 14.6 Å². The molecule has 0 saturated heterocycles. The number of carbonyl (C=O) groups is 2. The highest BCUT2D eigenvalue weighted by atomic mass is 16.5. The molecule has 1 aromatic carbocycles. The van der Waals surface area contributed by atoms with Gasteiger partial charge >= 0.3 is 11.9 Å². The Balaban J connectivity index is 2.27. The fourth-order valence-electron chi connectivity index (χ4n) is 2.47. The highest BCUT2D eigenvalue weighted by molar-refractivity contribution is 5.89. The van der Waals surface area contributed by atoms with E-state index in [0.717, 1.165) is 22.6 Å². The van der Waals surface area contributed by atoms with E-state index in [0.29, 0.717) is 18.4 Å². The number of aryl methyl sites for hydroxylation is 1. The largest absolute Gasteiger partial charge is 0.469 e. The monoisotopic (exact) mass is 316 g/mol. The Labute approximate surface area is 135 Å². The van der Waals surface area contributed by atoms with E-state index < -0.39 is 0 Å². The van der Waals surface area contributed by atoms with E-state index in [9.17, 15) is 9.59 Å². The summed E-state index contributed by atoms with van der Waals surface area (Å²) >= 11 is 0. The molecule has 0 saturated carbocycles. The molecule has 6 heteroatoms. The summed E-state index contributed by atoms with van der Waals surface area (Å²) in [6, 6.07) is 7.03. The minimum absolute atomic E-state index is 0.237. The van der Waals surface area contributed by atoms with Crippen molar-refractivity contribution >= 4 is 11.9 Å². The Hall–Kier alpha value is -2.63. The van der Waals surface area contributed by atoms with Crippen LogP contribution < -0.4 is 0 Å². The highest BCUT2D eigenvalue weighted by Crippen LogP contribution is 2.20. The van der Waals surface area contributed by atoms with Crippen LogP contribution in [0.4, 0.5) is 0 Å². The first-order valence-corrected chi connectivity index (χ1v) is 7.28. The molecule has 0 atom stereocenters. The maximum atomic E-state index is 11.5. The number of benzene rings is 1. The first kappa shape index (κ1) is 16.7. The third-order valence-corrected chi connectivity index (χ3v) is 3.78. The Morgan fingerprint density at radius 1 is 1.09 bits per heavy atom. The van der Waals surface area contributed by atoms with Gasteiger partial charge in [0.25, 0.3) is 0 Å². The van der Waals surface area contributed by atoms with E-state index in [-0.39, 0.29) is 11.9 Å². The Kier molecular flexibility index (Phi) is 5.16. The second kappa shape index (κ2) is 7.09. The number of carbonyl (C=O) groups excluding carboxylic acids is 2. The minimum atomic E-state index is -0.372. The van der Waals surface area contributed by atoms with Crippen LogP contribution in [0.25, 0.3) is 5.69 Å². The van der Waals surface area contributed by atoms with Gasteiger partial charge in [-0.3, -0.25) is 4.79 Å². The number of hydrogen-bond acceptors (Lipinski definition) is 5. The fourth-order valence-corrected chi connectivity index (χ4v) is 2.47. The molecule has 0 unspecified atom stereocenters. The van der Waals surface area contributed by atoms with Crippen molar-refractivity contribution in [3.63, 3.8) is 0 Å². The van der Waals surface area contributed by atoms with E-state index in [1.807, 2.05) is 30.7 Å². The molecule has 1 heterocycles. The number of rotatable bonds is 5. The summed E-state index contributed by atoms with van der Waals surface area (Å²) < 4.78 is 11.2. The summed E-state index contributed by atoms with van der Waals surface area (Å²) in [4.78, 5) is 22.8. The van der Waals surface area contributed by atoms with Gasteiger partial charge in [-0.1, -0.05) is 0 Å². The maximum Gasteiger partial charge on any atom is 0.337 e. The predicted molar refractivity (Wildman–Crippen MR) is 84.7 cm³/mol. The van der Waals surface area contributed by atoms with Crippen molar-refractivity contribution in [3.05, 3.63) is 46.8 Å². The van der Waals surface area contributed by atoms with Crippen LogP contribution in [0.1, 0.15) is 33.7 Å². The summed E-state index contributed by atoms with van der Waals surface area (Å²) in [7, 11) is 2.74. The van der Waals surface area contributed by atoms with Gasteiger partial charge < -0.3 is 9.47 Å². The lowest BCUT2D eigenvalue weighted by Crippen LogP contribution is -2.04. The van der Waals surface area contributed by atoms with Crippen molar-refractivity contribution in [2.75, 3.05) is 14.2 Å². The Bertz CT molecular complexity index is 717. The smallest absolute Gasteiger partial charge is 0.337 e. The van der Waals surface area contributed by atoms with Crippen molar-refractivity contribution in [3.8, 4) is 5.69 Å². The van der Waals surface area contributed by atoms with Crippen molar-refractivity contribution in [2.24, 2.45) is 0 Å². The van der Waals surface area contributed by atoms with Crippen LogP contribution in [-0.4, -0.2) is 35.9 Å². The summed E-state index contributed by atoms with van der Waals surface area (Å²) in [5.74, 6) is -0.609. The molecule has 6 nitrogen and oxygen atoms in total. The van der Waals surface area contributed by atoms with Crippen molar-refractivity contribution in [1.29, 1.82) is 0 Å². The average Bonchev–Trinajstić information content (AvgIpc) is 2.86. The molecule has 0 bridgehead atoms. The second-order valence-electron chi connectivity index (χ2n) is 5.18. The lowest BCUT2D eigenvalue weighted by atomic mass is 10.1. The molecule has 0 aliphatic rings. The normalized spacial score (nSPS) is 10.4. The van der Waals surface area contributed by atoms with Crippen LogP contribution in [0.3, 0.4) is 0 Å². The van der Waals surface area contributed by atoms with Crippen molar-refractivity contribution < 1.29 is 19.1 Å². The molecule has 1 aromatic heterocycles. The van der Waals surface area contributed by atoms with Crippen LogP contribution in [0.15, 0.2) is 24.3 Å². The number of methoxy groups -OCH3 is 2. The van der Waals surface area contributed by atoms with Gasteiger partial charge in [-0.05, 0) is 50.1 Å². The third kappa shape index (κ3) is 3.59. The number of esters is 2. The van der Waals surface area contributed by atoms with E-state index >= 15 is 0 Å². The molecule has 122 valence electrons. The molecule has 0 N–H and O–H groups in total. The Morgan fingerprint density at radius 2 is 1.74 bits per heavy atom. The van der Waals surface area contributed by atoms with Gasteiger partial charge in [0.1, 0.15) is 0 Å². The fraction of sp³-hybridized carbons (Fsp3) is 0.353. The second-order valence-corrected chi connectivity index (χ2v) is 5.18. The molecular formula is C17H20N2O4. The van der Waals surface area contributed by atoms with Crippen molar-refractivity contribution in [2.45, 2.75) is 26.7 Å². The van der Waals surface area contributed by atoms with Gasteiger partial charge in [-0.25, -0.2) is 9.48 Å². The summed E-state index contributed by atoms with van der Waals surface area (Å²) in [5.41, 5.74) is 4.22. The van der Waals surface area contributed by atoms with Crippen LogP contribution in [0, 0.1) is 13.8 Å². The maximum absolute atomic E-state index is 11.5. The van der Waals surface area contributed by atoms with Gasteiger partial charge in [0.15, 0.2) is 0 Å². The average molecular weight is 316 g/mol. The zero-order valence-corrected chi connectivity index (χ0v) is 13.8. The number of ether oxygens (including phenoxy) is 2. The van der Waals surface area contributed by atoms with Crippen LogP contribution in [0.2, 0.25) is 0 Å². The highest BCUT2D eigenvalue weighted by Gasteiger charge is 2.15. The van der Waals surface area contributed by atoms with Crippen LogP contribution in [-0.2, 0) is 20.7 Å². The predicted octanol–water partition coefficient (Wildman–Crippen LogP) is 2.38. The first-order chi connectivity index (χ1) is 11.0. The topological polar surface area (TPSA) is 70.4 Å². The van der Waals surface area contributed by atoms with E-state index in [1.165, 1.54) is 14.2 Å². The molecule has 23 heavy (non-hydrogen) atoms. The van der Waals surface area contributed by atoms with Gasteiger partial charge in [0.05, 0.1) is 31.2 Å². The van der Waals surface area contributed by atoms with Gasteiger partial charge in [-0.15, -0.1) is 0 Å².